The second-order valence-electron chi connectivity index (χ2n) is 3.03. The summed E-state index contributed by atoms with van der Waals surface area (Å²) in [5.41, 5.74) is 4.66. The number of nitrogens with two attached hydrogens (primary N) is 1. The predicted molar refractivity (Wildman–Crippen MR) is 50.5 cm³/mol. The van der Waals surface area contributed by atoms with Crippen LogP contribution in [-0.2, 0) is 6.18 Å². The van der Waals surface area contributed by atoms with Crippen LogP contribution in [0.2, 0.25) is 5.02 Å². The molecule has 1 atom stereocenters. The van der Waals surface area contributed by atoms with Crippen LogP contribution in [0.25, 0.3) is 0 Å². The zero-order valence-corrected chi connectivity index (χ0v) is 8.31. The Labute approximate surface area is 89.5 Å². The Balaban J connectivity index is 3.17. The minimum Gasteiger partial charge on any atom is -0.394 e. The lowest BCUT2D eigenvalue weighted by Crippen LogP contribution is -2.16. The van der Waals surface area contributed by atoms with Gasteiger partial charge in [-0.1, -0.05) is 17.7 Å². The van der Waals surface area contributed by atoms with E-state index in [2.05, 4.69) is 0 Å². The molecule has 1 aromatic rings. The quantitative estimate of drug-likeness (QED) is 0.832. The SMILES string of the molecule is NC(CO)c1ccc(Cl)c(C(F)(F)F)c1. The van der Waals surface area contributed by atoms with Gasteiger partial charge in [0.15, 0.2) is 0 Å². The highest BCUT2D eigenvalue weighted by molar-refractivity contribution is 6.31. The van der Waals surface area contributed by atoms with Crippen molar-refractivity contribution in [3.8, 4) is 0 Å². The van der Waals surface area contributed by atoms with Crippen LogP contribution in [0.5, 0.6) is 0 Å². The normalized spacial score (nSPS) is 14.0. The minimum atomic E-state index is -4.51. The Kier molecular flexibility index (Phi) is 3.59. The Morgan fingerprint density at radius 3 is 2.47 bits per heavy atom. The first kappa shape index (κ1) is 12.3. The van der Waals surface area contributed by atoms with E-state index in [1.165, 1.54) is 6.07 Å². The van der Waals surface area contributed by atoms with Crippen LogP contribution in [0.3, 0.4) is 0 Å². The maximum atomic E-state index is 12.4. The Morgan fingerprint density at radius 2 is 2.00 bits per heavy atom. The molecular weight excluding hydrogens is 231 g/mol. The van der Waals surface area contributed by atoms with Crippen LogP contribution in [0.15, 0.2) is 18.2 Å². The van der Waals surface area contributed by atoms with Gasteiger partial charge in [0.1, 0.15) is 0 Å². The highest BCUT2D eigenvalue weighted by Gasteiger charge is 2.33. The zero-order valence-electron chi connectivity index (χ0n) is 7.55. The molecule has 0 radical (unpaired) electrons. The fourth-order valence-electron chi connectivity index (χ4n) is 1.10. The molecule has 0 bridgehead atoms. The van der Waals surface area contributed by atoms with Gasteiger partial charge in [-0.3, -0.25) is 0 Å². The number of alkyl halides is 3. The number of aliphatic hydroxyl groups excluding tert-OH is 1. The fraction of sp³-hybridized carbons (Fsp3) is 0.333. The molecule has 6 heteroatoms. The van der Waals surface area contributed by atoms with Gasteiger partial charge in [-0.2, -0.15) is 13.2 Å². The van der Waals surface area contributed by atoms with Crippen molar-refractivity contribution in [2.24, 2.45) is 5.73 Å². The number of rotatable bonds is 2. The summed E-state index contributed by atoms with van der Waals surface area (Å²) in [7, 11) is 0. The maximum absolute atomic E-state index is 12.4. The van der Waals surface area contributed by atoms with Crippen molar-refractivity contribution in [3.63, 3.8) is 0 Å². The topological polar surface area (TPSA) is 46.2 Å². The van der Waals surface area contributed by atoms with Gasteiger partial charge in [-0.25, -0.2) is 0 Å². The molecule has 0 heterocycles. The fourth-order valence-corrected chi connectivity index (χ4v) is 1.32. The molecule has 0 aliphatic carbocycles. The summed E-state index contributed by atoms with van der Waals surface area (Å²) in [5, 5.41) is 8.33. The van der Waals surface area contributed by atoms with Gasteiger partial charge in [0, 0.05) is 0 Å². The van der Waals surface area contributed by atoms with Crippen LogP contribution in [0.4, 0.5) is 13.2 Å². The molecule has 0 saturated heterocycles. The molecule has 2 nitrogen and oxygen atoms in total. The second-order valence-corrected chi connectivity index (χ2v) is 3.43. The number of aliphatic hydroxyl groups is 1. The van der Waals surface area contributed by atoms with Gasteiger partial charge < -0.3 is 10.8 Å². The van der Waals surface area contributed by atoms with E-state index >= 15 is 0 Å². The van der Waals surface area contributed by atoms with Crippen LogP contribution < -0.4 is 5.73 Å². The Bertz CT molecular complexity index is 354. The number of benzene rings is 1. The van der Waals surface area contributed by atoms with Gasteiger partial charge in [0.2, 0.25) is 0 Å². The van der Waals surface area contributed by atoms with Gasteiger partial charge in [-0.15, -0.1) is 0 Å². The first-order valence-electron chi connectivity index (χ1n) is 4.09. The molecule has 0 fully saturated rings. The van der Waals surface area contributed by atoms with Crippen molar-refractivity contribution in [1.29, 1.82) is 0 Å². The third-order valence-corrected chi connectivity index (χ3v) is 2.25. The van der Waals surface area contributed by atoms with E-state index < -0.39 is 24.4 Å². The smallest absolute Gasteiger partial charge is 0.394 e. The average molecular weight is 240 g/mol. The lowest BCUT2D eigenvalue weighted by molar-refractivity contribution is -0.137. The van der Waals surface area contributed by atoms with Crippen molar-refractivity contribution < 1.29 is 18.3 Å². The summed E-state index contributed by atoms with van der Waals surface area (Å²) in [6.07, 6.45) is -4.51. The second kappa shape index (κ2) is 4.38. The van der Waals surface area contributed by atoms with E-state index in [1.807, 2.05) is 0 Å². The van der Waals surface area contributed by atoms with Gasteiger partial charge in [0.05, 0.1) is 23.2 Å². The van der Waals surface area contributed by atoms with Crippen molar-refractivity contribution in [3.05, 3.63) is 34.3 Å². The van der Waals surface area contributed by atoms with Crippen molar-refractivity contribution in [1.82, 2.24) is 0 Å². The lowest BCUT2D eigenvalue weighted by atomic mass is 10.0. The first-order chi connectivity index (χ1) is 6.86. The first-order valence-corrected chi connectivity index (χ1v) is 4.47. The van der Waals surface area contributed by atoms with Gasteiger partial charge >= 0.3 is 6.18 Å². The summed E-state index contributed by atoms with van der Waals surface area (Å²) in [5.74, 6) is 0. The summed E-state index contributed by atoms with van der Waals surface area (Å²) >= 11 is 5.41. The van der Waals surface area contributed by atoms with E-state index in [1.54, 1.807) is 0 Å². The summed E-state index contributed by atoms with van der Waals surface area (Å²) in [6.45, 7) is -0.418. The molecule has 0 aromatic heterocycles. The summed E-state index contributed by atoms with van der Waals surface area (Å²) in [6, 6.07) is 2.50. The number of hydrogen-bond acceptors (Lipinski definition) is 2. The van der Waals surface area contributed by atoms with Crippen LogP contribution in [0, 0.1) is 0 Å². The molecule has 15 heavy (non-hydrogen) atoms. The van der Waals surface area contributed by atoms with E-state index in [0.29, 0.717) is 0 Å². The molecule has 84 valence electrons. The van der Waals surface area contributed by atoms with E-state index in [-0.39, 0.29) is 10.6 Å². The van der Waals surface area contributed by atoms with Gasteiger partial charge in [0.25, 0.3) is 0 Å². The van der Waals surface area contributed by atoms with Crippen molar-refractivity contribution in [2.75, 3.05) is 6.61 Å². The summed E-state index contributed by atoms with van der Waals surface area (Å²) in [4.78, 5) is 0. The standard InChI is InChI=1S/C9H9ClF3NO/c10-7-2-1-5(8(14)4-15)3-6(7)9(11,12)13/h1-3,8,15H,4,14H2. The monoisotopic (exact) mass is 239 g/mol. The average Bonchev–Trinajstić information content (AvgIpc) is 2.15. The highest BCUT2D eigenvalue weighted by Crippen LogP contribution is 2.35. The van der Waals surface area contributed by atoms with Crippen LogP contribution >= 0.6 is 11.6 Å². The van der Waals surface area contributed by atoms with Gasteiger partial charge in [-0.05, 0) is 17.7 Å². The van der Waals surface area contributed by atoms with E-state index in [9.17, 15) is 13.2 Å². The highest BCUT2D eigenvalue weighted by atomic mass is 35.5. The molecule has 0 aliphatic heterocycles. The third kappa shape index (κ3) is 2.84. The third-order valence-electron chi connectivity index (χ3n) is 1.92. The molecule has 3 N–H and O–H groups in total. The minimum absolute atomic E-state index is 0.203. The number of hydrogen-bond donors (Lipinski definition) is 2. The molecular formula is C9H9ClF3NO. The Morgan fingerprint density at radius 1 is 1.40 bits per heavy atom. The lowest BCUT2D eigenvalue weighted by Gasteiger charge is -2.13. The molecule has 0 aliphatic rings. The molecule has 1 rings (SSSR count). The Hall–Kier alpha value is -0.780. The number of halogens is 4. The van der Waals surface area contributed by atoms with Crippen molar-refractivity contribution in [2.45, 2.75) is 12.2 Å². The van der Waals surface area contributed by atoms with E-state index in [0.717, 1.165) is 12.1 Å². The zero-order chi connectivity index (χ0) is 11.6. The largest absolute Gasteiger partial charge is 0.417 e. The van der Waals surface area contributed by atoms with Crippen molar-refractivity contribution >= 4 is 11.6 Å². The predicted octanol–water partition coefficient (Wildman–Crippen LogP) is 2.35. The van der Waals surface area contributed by atoms with Crippen LogP contribution in [-0.4, -0.2) is 11.7 Å². The molecule has 1 unspecified atom stereocenters. The van der Waals surface area contributed by atoms with Crippen LogP contribution in [0.1, 0.15) is 17.2 Å². The maximum Gasteiger partial charge on any atom is 0.417 e. The molecule has 0 saturated carbocycles. The molecule has 0 amide bonds. The molecule has 1 aromatic carbocycles. The van der Waals surface area contributed by atoms with E-state index in [4.69, 9.17) is 22.4 Å². The summed E-state index contributed by atoms with van der Waals surface area (Å²) < 4.78 is 37.2. The molecule has 0 spiro atoms.